The molecule has 5 nitrogen and oxygen atoms in total. The average molecular weight is 311 g/mol. The molecule has 1 N–H and O–H groups in total. The first-order chi connectivity index (χ1) is 10.0. The van der Waals surface area contributed by atoms with Crippen LogP contribution < -0.4 is 5.32 Å². The summed E-state index contributed by atoms with van der Waals surface area (Å²) in [6, 6.07) is 4.55. The van der Waals surface area contributed by atoms with Crippen LogP contribution in [-0.2, 0) is 9.53 Å². The maximum atomic E-state index is 12.6. The highest BCUT2D eigenvalue weighted by atomic mass is 35.5. The summed E-state index contributed by atoms with van der Waals surface area (Å²) in [5.41, 5.74) is 1.37. The Morgan fingerprint density at radius 3 is 2.90 bits per heavy atom. The van der Waals surface area contributed by atoms with Gasteiger partial charge in [-0.15, -0.1) is 0 Å². The third kappa shape index (κ3) is 3.54. The number of aryl methyl sites for hydroxylation is 1. The molecule has 6 heteroatoms. The van der Waals surface area contributed by atoms with Crippen LogP contribution in [0.3, 0.4) is 0 Å². The Kier molecular flexibility index (Phi) is 5.20. The lowest BCUT2D eigenvalue weighted by Gasteiger charge is -2.34. The fourth-order valence-corrected chi connectivity index (χ4v) is 2.46. The zero-order valence-electron chi connectivity index (χ0n) is 12.2. The van der Waals surface area contributed by atoms with Gasteiger partial charge in [0.15, 0.2) is 0 Å². The van der Waals surface area contributed by atoms with E-state index in [2.05, 4.69) is 5.32 Å². The molecule has 114 valence electrons. The molecule has 21 heavy (non-hydrogen) atoms. The zero-order valence-corrected chi connectivity index (χ0v) is 12.9. The lowest BCUT2D eigenvalue weighted by molar-refractivity contribution is -0.149. The number of carbonyl (C=O) groups excluding carboxylic acids is 2. The van der Waals surface area contributed by atoms with Gasteiger partial charge in [0.05, 0.1) is 6.61 Å². The summed E-state index contributed by atoms with van der Waals surface area (Å²) in [7, 11) is 0. The Bertz CT molecular complexity index is 548. The van der Waals surface area contributed by atoms with Crippen molar-refractivity contribution in [3.63, 3.8) is 0 Å². The predicted octanol–water partition coefficient (Wildman–Crippen LogP) is 1.63. The van der Waals surface area contributed by atoms with Crippen molar-refractivity contribution < 1.29 is 14.3 Å². The number of halogens is 1. The summed E-state index contributed by atoms with van der Waals surface area (Å²) in [5, 5.41) is 3.73. The van der Waals surface area contributed by atoms with Crippen molar-refractivity contribution in [2.24, 2.45) is 0 Å². The zero-order chi connectivity index (χ0) is 15.4. The van der Waals surface area contributed by atoms with Crippen molar-refractivity contribution in [1.29, 1.82) is 0 Å². The van der Waals surface area contributed by atoms with Gasteiger partial charge in [-0.1, -0.05) is 11.6 Å². The topological polar surface area (TPSA) is 58.6 Å². The highest BCUT2D eigenvalue weighted by molar-refractivity contribution is 6.31. The SMILES string of the molecule is CCOC(=O)C1CNCCN1C(=O)c1ccc(Cl)c(C)c1. The maximum Gasteiger partial charge on any atom is 0.330 e. The molecule has 1 aromatic carbocycles. The molecule has 1 heterocycles. The van der Waals surface area contributed by atoms with Gasteiger partial charge < -0.3 is 15.0 Å². The molecule has 2 rings (SSSR count). The molecule has 1 unspecified atom stereocenters. The van der Waals surface area contributed by atoms with E-state index in [9.17, 15) is 9.59 Å². The van der Waals surface area contributed by atoms with Gasteiger partial charge in [-0.05, 0) is 37.6 Å². The Morgan fingerprint density at radius 1 is 1.48 bits per heavy atom. The van der Waals surface area contributed by atoms with Gasteiger partial charge in [0.2, 0.25) is 0 Å². The van der Waals surface area contributed by atoms with Crippen LogP contribution in [0.15, 0.2) is 18.2 Å². The molecular weight excluding hydrogens is 292 g/mol. The number of carbonyl (C=O) groups is 2. The van der Waals surface area contributed by atoms with E-state index in [-0.39, 0.29) is 11.9 Å². The molecule has 1 aromatic rings. The maximum absolute atomic E-state index is 12.6. The van der Waals surface area contributed by atoms with Crippen LogP contribution >= 0.6 is 11.6 Å². The van der Waals surface area contributed by atoms with Crippen molar-refractivity contribution in [2.45, 2.75) is 19.9 Å². The second-order valence-corrected chi connectivity index (χ2v) is 5.34. The number of hydrogen-bond donors (Lipinski definition) is 1. The van der Waals surface area contributed by atoms with Gasteiger partial charge >= 0.3 is 5.97 Å². The largest absolute Gasteiger partial charge is 0.464 e. The van der Waals surface area contributed by atoms with Gasteiger partial charge in [-0.3, -0.25) is 4.79 Å². The van der Waals surface area contributed by atoms with Crippen LogP contribution in [0, 0.1) is 6.92 Å². The Balaban J connectivity index is 2.21. The summed E-state index contributed by atoms with van der Waals surface area (Å²) >= 11 is 5.98. The molecule has 0 aromatic heterocycles. The molecule has 0 bridgehead atoms. The minimum absolute atomic E-state index is 0.172. The van der Waals surface area contributed by atoms with Crippen LogP contribution in [0.4, 0.5) is 0 Å². The molecule has 1 atom stereocenters. The second kappa shape index (κ2) is 6.91. The Labute approximate surface area is 129 Å². The van der Waals surface area contributed by atoms with Gasteiger partial charge in [0.25, 0.3) is 5.91 Å². The van der Waals surface area contributed by atoms with E-state index in [1.807, 2.05) is 6.92 Å². The summed E-state index contributed by atoms with van der Waals surface area (Å²) < 4.78 is 5.05. The average Bonchev–Trinajstić information content (AvgIpc) is 2.49. The summed E-state index contributed by atoms with van der Waals surface area (Å²) in [6.45, 7) is 5.45. The molecular formula is C15H19ClN2O3. The molecule has 1 aliphatic rings. The van der Waals surface area contributed by atoms with Crippen molar-refractivity contribution in [3.8, 4) is 0 Å². The lowest BCUT2D eigenvalue weighted by Crippen LogP contribution is -2.57. The normalized spacial score (nSPS) is 18.4. The van der Waals surface area contributed by atoms with Crippen molar-refractivity contribution >= 4 is 23.5 Å². The van der Waals surface area contributed by atoms with Crippen LogP contribution in [0.1, 0.15) is 22.8 Å². The van der Waals surface area contributed by atoms with Gasteiger partial charge in [0, 0.05) is 30.2 Å². The predicted molar refractivity (Wildman–Crippen MR) is 80.5 cm³/mol. The molecule has 1 fully saturated rings. The molecule has 1 aliphatic heterocycles. The van der Waals surface area contributed by atoms with Gasteiger partial charge in [-0.2, -0.15) is 0 Å². The number of amides is 1. The van der Waals surface area contributed by atoms with E-state index < -0.39 is 6.04 Å². The third-order valence-corrected chi connectivity index (χ3v) is 3.89. The number of piperazine rings is 1. The van der Waals surface area contributed by atoms with E-state index in [1.165, 1.54) is 0 Å². The highest BCUT2D eigenvalue weighted by Crippen LogP contribution is 2.19. The number of nitrogens with zero attached hydrogens (tertiary/aromatic N) is 1. The molecule has 1 amide bonds. The number of benzene rings is 1. The minimum atomic E-state index is -0.581. The number of rotatable bonds is 3. The molecule has 0 radical (unpaired) electrons. The summed E-state index contributed by atoms with van der Waals surface area (Å²) in [6.07, 6.45) is 0. The van der Waals surface area contributed by atoms with E-state index in [4.69, 9.17) is 16.3 Å². The third-order valence-electron chi connectivity index (χ3n) is 3.47. The monoisotopic (exact) mass is 310 g/mol. The van der Waals surface area contributed by atoms with Gasteiger partial charge in [0.1, 0.15) is 6.04 Å². The standard InChI is InChI=1S/C15H19ClN2O3/c1-3-21-15(20)13-9-17-6-7-18(13)14(19)11-4-5-12(16)10(2)8-11/h4-5,8,13,17H,3,6-7,9H2,1-2H3. The quantitative estimate of drug-likeness (QED) is 0.862. The molecule has 0 spiro atoms. The highest BCUT2D eigenvalue weighted by Gasteiger charge is 2.33. The van der Waals surface area contributed by atoms with Crippen molar-refractivity contribution in [3.05, 3.63) is 34.3 Å². The molecule has 0 aliphatic carbocycles. The molecule has 1 saturated heterocycles. The molecule has 0 saturated carbocycles. The first kappa shape index (κ1) is 15.8. The Hall–Kier alpha value is -1.59. The number of hydrogen-bond acceptors (Lipinski definition) is 4. The summed E-state index contributed by atoms with van der Waals surface area (Å²) in [4.78, 5) is 26.2. The fourth-order valence-electron chi connectivity index (χ4n) is 2.34. The lowest BCUT2D eigenvalue weighted by atomic mass is 10.1. The van der Waals surface area contributed by atoms with Crippen LogP contribution in [0.5, 0.6) is 0 Å². The second-order valence-electron chi connectivity index (χ2n) is 4.93. The van der Waals surface area contributed by atoms with Crippen LogP contribution in [0.25, 0.3) is 0 Å². The van der Waals surface area contributed by atoms with Gasteiger partial charge in [-0.25, -0.2) is 4.79 Å². The first-order valence-electron chi connectivity index (χ1n) is 6.99. The minimum Gasteiger partial charge on any atom is -0.464 e. The summed E-state index contributed by atoms with van der Waals surface area (Å²) in [5.74, 6) is -0.543. The first-order valence-corrected chi connectivity index (χ1v) is 7.37. The van der Waals surface area contributed by atoms with Crippen LogP contribution in [-0.4, -0.2) is 49.1 Å². The van der Waals surface area contributed by atoms with Crippen LogP contribution in [0.2, 0.25) is 5.02 Å². The van der Waals surface area contributed by atoms with E-state index in [1.54, 1.807) is 30.0 Å². The number of esters is 1. The number of ether oxygens (including phenoxy) is 1. The van der Waals surface area contributed by atoms with E-state index in [0.29, 0.717) is 36.8 Å². The fraction of sp³-hybridized carbons (Fsp3) is 0.467. The number of nitrogens with one attached hydrogen (secondary N) is 1. The van der Waals surface area contributed by atoms with E-state index >= 15 is 0 Å². The Morgan fingerprint density at radius 2 is 2.24 bits per heavy atom. The van der Waals surface area contributed by atoms with Crippen molar-refractivity contribution in [2.75, 3.05) is 26.2 Å². The smallest absolute Gasteiger partial charge is 0.330 e. The van der Waals surface area contributed by atoms with Crippen molar-refractivity contribution in [1.82, 2.24) is 10.2 Å². The van der Waals surface area contributed by atoms with E-state index in [0.717, 1.165) is 5.56 Å².